The molecule has 0 saturated carbocycles. The number of carbonyl (C=O) groups excluding carboxylic acids is 1. The maximum atomic E-state index is 5.28. The molecule has 2 nitrogen and oxygen atoms in total. The van der Waals surface area contributed by atoms with Gasteiger partial charge in [-0.25, -0.2) is 0 Å². The van der Waals surface area contributed by atoms with Gasteiger partial charge in [0.1, 0.15) is 6.42 Å². The molecule has 0 atom stereocenters. The molecular formula is C11H22O2S2. The summed E-state index contributed by atoms with van der Waals surface area (Å²) in [6.45, 7) is 2.80. The minimum Gasteiger partial charge on any atom is -0.434 e. The van der Waals surface area contributed by atoms with Crippen molar-refractivity contribution in [2.45, 2.75) is 51.9 Å². The monoisotopic (exact) mass is 250 g/mol. The van der Waals surface area contributed by atoms with Crippen LogP contribution < -0.4 is 0 Å². The van der Waals surface area contributed by atoms with E-state index < -0.39 is 0 Å². The van der Waals surface area contributed by atoms with Crippen LogP contribution in [0, 0.1) is 0 Å². The van der Waals surface area contributed by atoms with E-state index in [1.807, 2.05) is 0 Å². The number of hydrogen-bond donors (Lipinski definition) is 1. The van der Waals surface area contributed by atoms with Gasteiger partial charge in [-0.05, 0) is 6.42 Å². The van der Waals surface area contributed by atoms with E-state index in [4.69, 9.17) is 8.61 Å². The van der Waals surface area contributed by atoms with E-state index in [2.05, 4.69) is 32.5 Å². The van der Waals surface area contributed by atoms with E-state index >= 15 is 0 Å². The lowest BCUT2D eigenvalue weighted by Gasteiger charge is -1.99. The van der Waals surface area contributed by atoms with Crippen LogP contribution in [-0.4, -0.2) is 18.3 Å². The molecule has 4 heteroatoms. The van der Waals surface area contributed by atoms with Crippen LogP contribution in [0.4, 0.5) is 0 Å². The van der Waals surface area contributed by atoms with E-state index in [0.717, 1.165) is 12.8 Å². The summed E-state index contributed by atoms with van der Waals surface area (Å²) in [5.41, 5.74) is 0. The lowest BCUT2D eigenvalue weighted by atomic mass is 10.1. The Labute approximate surface area is 105 Å². The van der Waals surface area contributed by atoms with Crippen LogP contribution in [0.15, 0.2) is 0 Å². The van der Waals surface area contributed by atoms with Crippen LogP contribution in [0.3, 0.4) is 0 Å². The van der Waals surface area contributed by atoms with Crippen LogP contribution in [0.25, 0.3) is 0 Å². The summed E-state index contributed by atoms with van der Waals surface area (Å²) in [6, 6.07) is 0. The molecule has 0 N–H and O–H groups in total. The van der Waals surface area contributed by atoms with Crippen molar-refractivity contribution in [3.05, 3.63) is 0 Å². The molecule has 0 heterocycles. The van der Waals surface area contributed by atoms with Crippen molar-refractivity contribution in [3.8, 4) is 0 Å². The van der Waals surface area contributed by atoms with E-state index in [9.17, 15) is 0 Å². The Morgan fingerprint density at radius 3 is 2.47 bits per heavy atom. The van der Waals surface area contributed by atoms with Gasteiger partial charge in [0.2, 0.25) is 0 Å². The van der Waals surface area contributed by atoms with Gasteiger partial charge in [0.05, 0.1) is 5.75 Å². The summed E-state index contributed by atoms with van der Waals surface area (Å²) >= 11 is 8.57. The van der Waals surface area contributed by atoms with Gasteiger partial charge < -0.3 is 21.5 Å². The third-order valence-corrected chi connectivity index (χ3v) is 2.55. The van der Waals surface area contributed by atoms with Gasteiger partial charge in [-0.2, -0.15) is 12.6 Å². The maximum Gasteiger partial charge on any atom is 0.468 e. The largest absolute Gasteiger partial charge is 0.468 e. The van der Waals surface area contributed by atoms with E-state index in [-0.39, 0.29) is 0 Å². The molecule has 90 valence electrons. The van der Waals surface area contributed by atoms with E-state index in [1.165, 1.54) is 32.1 Å². The number of unbranched alkanes of at least 4 members (excludes halogenated alkanes) is 5. The minimum absolute atomic E-state index is 0.574. The van der Waals surface area contributed by atoms with Crippen LogP contribution in [-0.2, 0) is 21.5 Å². The Balaban J connectivity index is 3.31. The highest BCUT2D eigenvalue weighted by atomic mass is 32.1. The fraction of sp³-hybridized carbons (Fsp3) is 0.909. The SMILES string of the molecule is CCCCCCCCC(OCCS)=[O+][S-]. The number of ether oxygens (including phenoxy) is 1. The molecule has 0 aliphatic heterocycles. The number of esters is 1. The van der Waals surface area contributed by atoms with E-state index in [1.54, 1.807) is 0 Å². The summed E-state index contributed by atoms with van der Waals surface area (Å²) in [5, 5.41) is 0. The molecule has 0 aromatic heterocycles. The molecule has 0 rings (SSSR count). The molecule has 0 aliphatic carbocycles. The first-order valence-electron chi connectivity index (χ1n) is 5.74. The maximum absolute atomic E-state index is 5.28. The lowest BCUT2D eigenvalue weighted by molar-refractivity contribution is -0.262. The first-order valence-corrected chi connectivity index (χ1v) is 6.71. The van der Waals surface area contributed by atoms with Crippen molar-refractivity contribution in [1.82, 2.24) is 0 Å². The summed E-state index contributed by atoms with van der Waals surface area (Å²) in [7, 11) is 0. The molecule has 0 bridgehead atoms. The second kappa shape index (κ2) is 12.1. The molecular weight excluding hydrogens is 228 g/mol. The molecule has 0 fully saturated rings. The zero-order valence-electron chi connectivity index (χ0n) is 9.54. The predicted octanol–water partition coefficient (Wildman–Crippen LogP) is 3.21. The Bertz CT molecular complexity index is 161. The first-order chi connectivity index (χ1) is 7.35. The standard InChI is InChI=1S/C11H22O2S2/c1-2-3-4-5-6-7-8-11(13-15)12-9-10-14/h14H,2-10H2,1H3. The Kier molecular flexibility index (Phi) is 12.1. The van der Waals surface area contributed by atoms with Gasteiger partial charge in [-0.15, -0.1) is 0 Å². The second-order valence-corrected chi connectivity index (χ2v) is 4.16. The van der Waals surface area contributed by atoms with Gasteiger partial charge >= 0.3 is 5.97 Å². The normalized spacial score (nSPS) is 11.7. The molecule has 0 unspecified atom stereocenters. The third-order valence-electron chi connectivity index (χ3n) is 2.18. The lowest BCUT2D eigenvalue weighted by Crippen LogP contribution is -2.08. The summed E-state index contributed by atoms with van der Waals surface area (Å²) in [5.74, 6) is 1.27. The van der Waals surface area contributed by atoms with Gasteiger partial charge in [-0.1, -0.05) is 39.0 Å². The molecule has 0 aliphatic rings. The van der Waals surface area contributed by atoms with Crippen molar-refractivity contribution in [2.24, 2.45) is 0 Å². The number of hydrogen-bond acceptors (Lipinski definition) is 3. The summed E-state index contributed by atoms with van der Waals surface area (Å²) < 4.78 is 10.0. The molecule has 0 saturated heterocycles. The highest BCUT2D eigenvalue weighted by Gasteiger charge is 2.10. The topological polar surface area (TPSA) is 20.5 Å². The third kappa shape index (κ3) is 10.3. The van der Waals surface area contributed by atoms with Crippen molar-refractivity contribution in [2.75, 3.05) is 12.4 Å². The van der Waals surface area contributed by atoms with Crippen molar-refractivity contribution < 1.29 is 8.61 Å². The molecule has 0 aromatic rings. The zero-order valence-corrected chi connectivity index (χ0v) is 11.2. The number of thiol groups is 1. The van der Waals surface area contributed by atoms with Gasteiger partial charge in [0.15, 0.2) is 6.61 Å². The quantitative estimate of drug-likeness (QED) is 0.223. The molecule has 0 amide bonds. The molecule has 0 aromatic carbocycles. The Hall–Kier alpha value is 0.0400. The smallest absolute Gasteiger partial charge is 0.434 e. The summed E-state index contributed by atoms with van der Waals surface area (Å²) in [4.78, 5) is 0. The van der Waals surface area contributed by atoms with Crippen molar-refractivity contribution >= 4 is 31.5 Å². The van der Waals surface area contributed by atoms with Crippen LogP contribution in [0.2, 0.25) is 0 Å². The molecule has 0 radical (unpaired) electrons. The predicted molar refractivity (Wildman–Crippen MR) is 70.2 cm³/mol. The summed E-state index contributed by atoms with van der Waals surface area (Å²) in [6.07, 6.45) is 8.41. The van der Waals surface area contributed by atoms with Crippen LogP contribution in [0.5, 0.6) is 0 Å². The van der Waals surface area contributed by atoms with Crippen molar-refractivity contribution in [3.63, 3.8) is 0 Å². The highest BCUT2D eigenvalue weighted by Crippen LogP contribution is 2.07. The number of rotatable bonds is 9. The van der Waals surface area contributed by atoms with E-state index in [0.29, 0.717) is 18.3 Å². The van der Waals surface area contributed by atoms with Crippen LogP contribution >= 0.6 is 12.6 Å². The average molecular weight is 250 g/mol. The van der Waals surface area contributed by atoms with Gasteiger partial charge in [-0.3, -0.25) is 0 Å². The molecule has 0 spiro atoms. The average Bonchev–Trinajstić information content (AvgIpc) is 2.27. The van der Waals surface area contributed by atoms with Crippen LogP contribution in [0.1, 0.15) is 51.9 Å². The Morgan fingerprint density at radius 1 is 1.20 bits per heavy atom. The first kappa shape index (κ1) is 15.0. The fourth-order valence-electron chi connectivity index (χ4n) is 1.35. The van der Waals surface area contributed by atoms with Crippen molar-refractivity contribution in [1.29, 1.82) is 0 Å². The fourth-order valence-corrected chi connectivity index (χ4v) is 1.57. The van der Waals surface area contributed by atoms with Gasteiger partial charge in [0, 0.05) is 0 Å². The zero-order chi connectivity index (χ0) is 11.4. The second-order valence-electron chi connectivity index (χ2n) is 3.55. The highest BCUT2D eigenvalue weighted by molar-refractivity contribution is 7.80. The minimum atomic E-state index is 0.574. The molecule has 15 heavy (non-hydrogen) atoms. The van der Waals surface area contributed by atoms with Gasteiger partial charge in [0.25, 0.3) is 0 Å². The Morgan fingerprint density at radius 2 is 1.87 bits per heavy atom.